The molecule has 0 aliphatic carbocycles. The van der Waals surface area contributed by atoms with Crippen LogP contribution in [0.25, 0.3) is 0 Å². The normalized spacial score (nSPS) is 12.4. The van der Waals surface area contributed by atoms with Gasteiger partial charge in [0.15, 0.2) is 6.04 Å². The van der Waals surface area contributed by atoms with E-state index in [9.17, 15) is 9.90 Å². The summed E-state index contributed by atoms with van der Waals surface area (Å²) in [4.78, 5) is 11.7. The molecule has 5 heteroatoms. The zero-order chi connectivity index (χ0) is 14.3. The Balaban J connectivity index is 2.58. The first-order chi connectivity index (χ1) is 9.04. The van der Waals surface area contributed by atoms with Crippen LogP contribution in [0.15, 0.2) is 24.3 Å². The van der Waals surface area contributed by atoms with Gasteiger partial charge in [-0.05, 0) is 24.3 Å². The highest BCUT2D eigenvalue weighted by molar-refractivity contribution is 5.64. The fourth-order valence-corrected chi connectivity index (χ4v) is 2.05. The topological polar surface area (TPSA) is 70.4 Å². The Kier molecular flexibility index (Phi) is 6.32. The highest BCUT2D eigenvalue weighted by atomic mass is 16.5. The number of ether oxygens (including phenoxy) is 1. The number of hydrogen-bond donors (Lipinski definition) is 2. The lowest BCUT2D eigenvalue weighted by Gasteiger charge is -2.20. The number of carboxylic acids is 1. The first-order valence-electron chi connectivity index (χ1n) is 6.50. The minimum atomic E-state index is -0.991. The van der Waals surface area contributed by atoms with E-state index in [1.165, 1.54) is 10.5 Å². The van der Waals surface area contributed by atoms with Crippen molar-refractivity contribution in [2.24, 2.45) is 0 Å². The molecule has 1 atom stereocenters. The SMILES string of the molecule is COc1ccc([C@H](C[NH2+]CCC(=O)[O-])[NH+](C)C)cc1. The number of carbonyl (C=O) groups is 1. The van der Waals surface area contributed by atoms with Crippen LogP contribution in [0.2, 0.25) is 0 Å². The van der Waals surface area contributed by atoms with Gasteiger partial charge in [0.1, 0.15) is 12.3 Å². The van der Waals surface area contributed by atoms with Gasteiger partial charge in [-0.15, -0.1) is 0 Å². The van der Waals surface area contributed by atoms with Crippen molar-refractivity contribution in [2.45, 2.75) is 12.5 Å². The van der Waals surface area contributed by atoms with Gasteiger partial charge in [0.25, 0.3) is 0 Å². The maximum atomic E-state index is 10.4. The Hall–Kier alpha value is -1.59. The predicted molar refractivity (Wildman–Crippen MR) is 69.8 cm³/mol. The maximum absolute atomic E-state index is 10.4. The molecule has 0 radical (unpaired) electrons. The lowest BCUT2D eigenvalue weighted by atomic mass is 10.1. The third-order valence-corrected chi connectivity index (χ3v) is 3.17. The number of rotatable bonds is 8. The molecule has 1 aromatic rings. The van der Waals surface area contributed by atoms with Gasteiger partial charge < -0.3 is 24.9 Å². The van der Waals surface area contributed by atoms with Crippen LogP contribution in [-0.2, 0) is 4.79 Å². The Morgan fingerprint density at radius 3 is 2.47 bits per heavy atom. The summed E-state index contributed by atoms with van der Waals surface area (Å²) in [5, 5.41) is 12.4. The van der Waals surface area contributed by atoms with Crippen molar-refractivity contribution in [3.8, 4) is 5.75 Å². The Morgan fingerprint density at radius 1 is 1.37 bits per heavy atom. The Labute approximate surface area is 114 Å². The molecular weight excluding hydrogens is 244 g/mol. The number of likely N-dealkylation sites (N-methyl/N-ethyl adjacent to an activating group) is 1. The third-order valence-electron chi connectivity index (χ3n) is 3.17. The molecule has 0 aliphatic heterocycles. The number of hydrogen-bond acceptors (Lipinski definition) is 3. The molecular formula is C14H23N2O3+. The summed E-state index contributed by atoms with van der Waals surface area (Å²) >= 11 is 0. The van der Waals surface area contributed by atoms with Crippen molar-refractivity contribution >= 4 is 5.97 Å². The molecule has 1 rings (SSSR count). The molecule has 0 bridgehead atoms. The summed E-state index contributed by atoms with van der Waals surface area (Å²) in [5.41, 5.74) is 1.23. The van der Waals surface area contributed by atoms with Crippen molar-refractivity contribution < 1.29 is 24.9 Å². The molecule has 0 aliphatic rings. The Bertz CT molecular complexity index is 390. The molecule has 0 heterocycles. The molecule has 0 spiro atoms. The zero-order valence-electron chi connectivity index (χ0n) is 11.8. The molecule has 0 saturated heterocycles. The van der Waals surface area contributed by atoms with E-state index in [4.69, 9.17) is 4.74 Å². The summed E-state index contributed by atoms with van der Waals surface area (Å²) in [5.74, 6) is -0.147. The second-order valence-electron chi connectivity index (χ2n) is 4.84. The molecule has 19 heavy (non-hydrogen) atoms. The van der Waals surface area contributed by atoms with Crippen molar-refractivity contribution in [1.29, 1.82) is 0 Å². The number of benzene rings is 1. The first-order valence-corrected chi connectivity index (χ1v) is 6.50. The average Bonchev–Trinajstić information content (AvgIpc) is 2.38. The van der Waals surface area contributed by atoms with E-state index < -0.39 is 5.97 Å². The van der Waals surface area contributed by atoms with Gasteiger partial charge in [-0.25, -0.2) is 0 Å². The molecule has 106 valence electrons. The predicted octanol–water partition coefficient (Wildman–Crippen LogP) is -2.42. The van der Waals surface area contributed by atoms with Crippen molar-refractivity contribution in [3.05, 3.63) is 29.8 Å². The highest BCUT2D eigenvalue weighted by Crippen LogP contribution is 2.14. The zero-order valence-corrected chi connectivity index (χ0v) is 11.8. The molecule has 5 nitrogen and oxygen atoms in total. The number of carboxylic acid groups (broad SMARTS) is 1. The van der Waals surface area contributed by atoms with E-state index >= 15 is 0 Å². The number of quaternary nitrogens is 2. The van der Waals surface area contributed by atoms with E-state index in [2.05, 4.69) is 26.2 Å². The third kappa shape index (κ3) is 5.28. The minimum Gasteiger partial charge on any atom is -0.550 e. The fourth-order valence-electron chi connectivity index (χ4n) is 2.05. The van der Waals surface area contributed by atoms with Crippen LogP contribution < -0.4 is 20.1 Å². The first kappa shape index (κ1) is 15.5. The van der Waals surface area contributed by atoms with Gasteiger partial charge in [0.05, 0.1) is 27.7 Å². The van der Waals surface area contributed by atoms with Crippen LogP contribution in [-0.4, -0.2) is 40.3 Å². The summed E-state index contributed by atoms with van der Waals surface area (Å²) < 4.78 is 5.15. The minimum absolute atomic E-state index is 0.0953. The maximum Gasteiger partial charge on any atom is 0.162 e. The second-order valence-corrected chi connectivity index (χ2v) is 4.84. The molecule has 0 saturated carbocycles. The van der Waals surface area contributed by atoms with E-state index in [-0.39, 0.29) is 6.42 Å². The monoisotopic (exact) mass is 267 g/mol. The van der Waals surface area contributed by atoms with Gasteiger partial charge in [-0.2, -0.15) is 0 Å². The van der Waals surface area contributed by atoms with Crippen molar-refractivity contribution in [3.63, 3.8) is 0 Å². The van der Waals surface area contributed by atoms with Gasteiger partial charge in [0, 0.05) is 18.0 Å². The van der Waals surface area contributed by atoms with Crippen LogP contribution >= 0.6 is 0 Å². The number of nitrogens with two attached hydrogens (primary N) is 1. The smallest absolute Gasteiger partial charge is 0.162 e. The molecule has 0 aromatic heterocycles. The lowest BCUT2D eigenvalue weighted by Crippen LogP contribution is -3.09. The summed E-state index contributed by atoms with van der Waals surface area (Å²) in [6.07, 6.45) is 0.0953. The van der Waals surface area contributed by atoms with E-state index in [1.54, 1.807) is 7.11 Å². The number of carbonyl (C=O) groups excluding carboxylic acids is 1. The van der Waals surface area contributed by atoms with E-state index in [0.29, 0.717) is 12.6 Å². The van der Waals surface area contributed by atoms with Crippen LogP contribution in [0.3, 0.4) is 0 Å². The number of aliphatic carboxylic acids is 1. The number of methoxy groups -OCH3 is 1. The van der Waals surface area contributed by atoms with E-state index in [0.717, 1.165) is 12.3 Å². The summed E-state index contributed by atoms with van der Waals surface area (Å²) in [6, 6.07) is 8.35. The standard InChI is InChI=1S/C14H22N2O3/c1-16(2)13(10-15-9-8-14(17)18)11-4-6-12(19-3)7-5-11/h4-7,13,15H,8-10H2,1-3H3,(H,17,18)/p+1/t13-/m0/s1. The molecule has 0 fully saturated rings. The molecule has 1 aromatic carbocycles. The summed E-state index contributed by atoms with van der Waals surface area (Å²) in [7, 11) is 5.85. The van der Waals surface area contributed by atoms with Gasteiger partial charge in [-0.1, -0.05) is 0 Å². The number of nitrogens with one attached hydrogen (secondary N) is 1. The Morgan fingerprint density at radius 2 is 2.00 bits per heavy atom. The quantitative estimate of drug-likeness (QED) is 0.515. The molecule has 0 amide bonds. The van der Waals surface area contributed by atoms with Crippen molar-refractivity contribution in [1.82, 2.24) is 0 Å². The highest BCUT2D eigenvalue weighted by Gasteiger charge is 2.19. The molecule has 3 N–H and O–H groups in total. The van der Waals surface area contributed by atoms with Gasteiger partial charge >= 0.3 is 0 Å². The van der Waals surface area contributed by atoms with Gasteiger partial charge in [-0.3, -0.25) is 0 Å². The van der Waals surface area contributed by atoms with Crippen LogP contribution in [0, 0.1) is 0 Å². The fraction of sp³-hybridized carbons (Fsp3) is 0.500. The van der Waals surface area contributed by atoms with Crippen LogP contribution in [0.4, 0.5) is 0 Å². The second kappa shape index (κ2) is 7.76. The van der Waals surface area contributed by atoms with Gasteiger partial charge in [0.2, 0.25) is 0 Å². The van der Waals surface area contributed by atoms with E-state index in [1.807, 2.05) is 17.4 Å². The average molecular weight is 267 g/mol. The molecule has 0 unspecified atom stereocenters. The van der Waals surface area contributed by atoms with Crippen LogP contribution in [0.5, 0.6) is 5.75 Å². The lowest BCUT2D eigenvalue weighted by molar-refractivity contribution is -0.909. The van der Waals surface area contributed by atoms with Crippen molar-refractivity contribution in [2.75, 3.05) is 34.3 Å². The summed E-state index contributed by atoms with van der Waals surface area (Å²) in [6.45, 7) is 1.41. The van der Waals surface area contributed by atoms with Crippen LogP contribution in [0.1, 0.15) is 18.0 Å². The largest absolute Gasteiger partial charge is 0.550 e.